The molecule has 0 amide bonds. The summed E-state index contributed by atoms with van der Waals surface area (Å²) in [5, 5.41) is 12.9. The first-order valence-electron chi connectivity index (χ1n) is 43.2. The van der Waals surface area contributed by atoms with E-state index in [-0.39, 0.29) is 0 Å². The van der Waals surface area contributed by atoms with Crippen molar-refractivity contribution in [3.05, 3.63) is 455 Å². The van der Waals surface area contributed by atoms with Crippen molar-refractivity contribution in [3.63, 3.8) is 0 Å². The minimum absolute atomic E-state index is 0.717. The maximum Gasteiger partial charge on any atom is 0.160 e. The molecule has 0 saturated heterocycles. The topological polar surface area (TPSA) is 116 Å². The van der Waals surface area contributed by atoms with Gasteiger partial charge in [0.25, 0.3) is 0 Å². The largest absolute Gasteiger partial charge is 0.256 e. The number of para-hydroxylation sites is 3. The van der Waals surface area contributed by atoms with Crippen molar-refractivity contribution in [2.75, 3.05) is 0 Å². The van der Waals surface area contributed by atoms with Crippen LogP contribution >= 0.6 is 11.3 Å². The number of rotatable bonds is 12. The third kappa shape index (κ3) is 15.1. The Morgan fingerprint density at radius 1 is 0.155 bits per heavy atom. The predicted molar refractivity (Wildman–Crippen MR) is 538 cm³/mol. The number of hydrogen-bond acceptors (Lipinski definition) is 10. The Hall–Kier alpha value is -17.1. The molecule has 18 aromatic carbocycles. The van der Waals surface area contributed by atoms with Crippen molar-refractivity contribution in [2.24, 2.45) is 0 Å². The van der Waals surface area contributed by atoms with E-state index in [1.54, 1.807) is 11.3 Å². The average Bonchev–Trinajstić information content (AvgIpc) is 1.71. The first-order chi connectivity index (χ1) is 63.9. The number of thiophene rings is 1. The minimum Gasteiger partial charge on any atom is -0.256 e. The van der Waals surface area contributed by atoms with Crippen molar-refractivity contribution in [3.8, 4) is 135 Å². The second-order valence-electron chi connectivity index (χ2n) is 32.3. The lowest BCUT2D eigenvalue weighted by atomic mass is 9.97. The first-order valence-corrected chi connectivity index (χ1v) is 44.1. The molecular formula is C119H75N9S. The fourth-order valence-corrected chi connectivity index (χ4v) is 18.8. The van der Waals surface area contributed by atoms with E-state index >= 15 is 0 Å². The molecule has 0 unspecified atom stereocenters. The van der Waals surface area contributed by atoms with Crippen molar-refractivity contribution >= 4 is 119 Å². The average molecular weight is 1660 g/mol. The highest BCUT2D eigenvalue weighted by Crippen LogP contribution is 2.43. The molecule has 7 aromatic heterocycles. The molecule has 0 radical (unpaired) electrons. The molecule has 10 heteroatoms. The maximum absolute atomic E-state index is 5.20. The molecule has 602 valence electrons. The zero-order valence-corrected chi connectivity index (χ0v) is 70.6. The Morgan fingerprint density at radius 3 is 0.837 bits per heavy atom. The van der Waals surface area contributed by atoms with Crippen LogP contribution in [0, 0.1) is 0 Å². The van der Waals surface area contributed by atoms with E-state index < -0.39 is 0 Å². The Morgan fingerprint density at radius 2 is 0.434 bits per heavy atom. The van der Waals surface area contributed by atoms with Gasteiger partial charge < -0.3 is 0 Å². The van der Waals surface area contributed by atoms with Gasteiger partial charge >= 0.3 is 0 Å². The van der Waals surface area contributed by atoms with E-state index in [1.807, 2.05) is 73.2 Å². The van der Waals surface area contributed by atoms with Gasteiger partial charge in [-0.25, -0.2) is 29.9 Å². The zero-order valence-electron chi connectivity index (χ0n) is 69.7. The molecule has 7 heterocycles. The summed E-state index contributed by atoms with van der Waals surface area (Å²) in [5.41, 5.74) is 30.5. The fourth-order valence-electron chi connectivity index (χ4n) is 17.7. The third-order valence-corrected chi connectivity index (χ3v) is 25.6. The van der Waals surface area contributed by atoms with Crippen LogP contribution < -0.4 is 0 Å². The Balaban J connectivity index is 0.000000111. The summed E-state index contributed by atoms with van der Waals surface area (Å²) in [4.78, 5) is 44.8. The Bertz CT molecular complexity index is 8550. The van der Waals surface area contributed by atoms with E-state index in [9.17, 15) is 0 Å². The lowest BCUT2D eigenvalue weighted by Gasteiger charge is -2.12. The van der Waals surface area contributed by atoms with Crippen LogP contribution in [0.2, 0.25) is 0 Å². The summed E-state index contributed by atoms with van der Waals surface area (Å²) in [7, 11) is 0. The van der Waals surface area contributed by atoms with Crippen molar-refractivity contribution in [1.29, 1.82) is 0 Å². The number of aromatic nitrogens is 9. The summed E-state index contributed by atoms with van der Waals surface area (Å²) in [6.45, 7) is 0. The van der Waals surface area contributed by atoms with Gasteiger partial charge in [-0.15, -0.1) is 11.3 Å². The third-order valence-electron chi connectivity index (χ3n) is 24.4. The fraction of sp³-hybridized carbons (Fsp3) is 0. The maximum atomic E-state index is 5.20. The number of nitrogens with zero attached hydrogens (tertiary/aromatic N) is 9. The van der Waals surface area contributed by atoms with Crippen molar-refractivity contribution < 1.29 is 0 Å². The van der Waals surface area contributed by atoms with Crippen LogP contribution in [0.1, 0.15) is 0 Å². The van der Waals surface area contributed by atoms with Crippen LogP contribution in [0.5, 0.6) is 0 Å². The first kappa shape index (κ1) is 76.8. The van der Waals surface area contributed by atoms with Gasteiger partial charge in [0, 0.05) is 99.8 Å². The van der Waals surface area contributed by atoms with Gasteiger partial charge in [-0.2, -0.15) is 0 Å². The zero-order chi connectivity index (χ0) is 85.5. The Labute approximate surface area is 748 Å². The lowest BCUT2D eigenvalue weighted by Crippen LogP contribution is -1.95. The molecule has 0 spiro atoms. The molecule has 0 aliphatic carbocycles. The highest BCUT2D eigenvalue weighted by Gasteiger charge is 2.21. The van der Waals surface area contributed by atoms with Gasteiger partial charge in [0.2, 0.25) is 0 Å². The number of benzene rings is 18. The summed E-state index contributed by atoms with van der Waals surface area (Å²) in [5.74, 6) is 1.44. The normalized spacial score (nSPS) is 11.4. The number of pyridine rings is 3. The van der Waals surface area contributed by atoms with Crippen LogP contribution in [-0.4, -0.2) is 44.9 Å². The smallest absolute Gasteiger partial charge is 0.160 e. The van der Waals surface area contributed by atoms with Gasteiger partial charge in [0.05, 0.1) is 66.1 Å². The highest BCUT2D eigenvalue weighted by molar-refractivity contribution is 7.26. The molecule has 25 aromatic rings. The Kier molecular flexibility index (Phi) is 20.0. The van der Waals surface area contributed by atoms with Gasteiger partial charge in [0.1, 0.15) is 0 Å². The van der Waals surface area contributed by atoms with Crippen LogP contribution in [-0.2, 0) is 0 Å². The standard InChI is InChI=1S/C41H25N3S.2C39H25N3/c1-2-8-26(9-3-1)27-14-18-29(19-15-27)38-40-39(35-12-6-7-13-37(35)45-40)44-41(43-38)30-20-16-28(17-21-30)31-22-23-34-33-11-5-4-10-32(33)25-42-36(34)24-31;1-2-8-26(9-3-1)27-14-18-29(19-15-27)38-39(42-36-13-7-6-12-35(36)41-38)30-20-16-28(17-21-30)31-22-23-34-33-11-5-4-10-32(33)25-40-37(34)24-31;1-2-8-26(9-3-1)27-14-18-29(19-15-27)38-35-12-6-7-13-36(35)41-39(42-38)30-20-16-28(17-21-30)31-22-23-34-33-11-5-4-10-32(33)25-40-37(34)24-31/h1-25H;2*1-25H. The van der Waals surface area contributed by atoms with Crippen LogP contribution in [0.3, 0.4) is 0 Å². The summed E-state index contributed by atoms with van der Waals surface area (Å²) in [6.07, 6.45) is 5.87. The summed E-state index contributed by atoms with van der Waals surface area (Å²) >= 11 is 1.76. The van der Waals surface area contributed by atoms with Gasteiger partial charge in [0.15, 0.2) is 11.6 Å². The van der Waals surface area contributed by atoms with Crippen molar-refractivity contribution in [1.82, 2.24) is 44.9 Å². The molecule has 25 rings (SSSR count). The molecule has 0 fully saturated rings. The quantitative estimate of drug-likeness (QED) is 0.110. The summed E-state index contributed by atoms with van der Waals surface area (Å²) < 4.78 is 2.33. The molecular weight excluding hydrogens is 1590 g/mol. The SMILES string of the molecule is c1ccc(-c2ccc(-c3nc(-c4ccc(-c5ccc6c(c5)ncc5ccccc56)cc4)nc4c3sc3ccccc34)cc2)cc1.c1ccc(-c2ccc(-c3nc(-c4ccc(-c5ccc6c(c5)ncc5ccccc56)cc4)nc4ccccc34)cc2)cc1.c1ccc(-c2ccc(-c3nc4ccccc4nc3-c3ccc(-c4ccc5c(c4)ncc4ccccc45)cc3)cc2)cc1. The van der Waals surface area contributed by atoms with Crippen LogP contribution in [0.4, 0.5) is 0 Å². The highest BCUT2D eigenvalue weighted by atomic mass is 32.1. The molecule has 0 saturated carbocycles. The monoisotopic (exact) mass is 1660 g/mol. The van der Waals surface area contributed by atoms with E-state index in [4.69, 9.17) is 44.9 Å². The van der Waals surface area contributed by atoms with Gasteiger partial charge in [-0.05, 0) is 125 Å². The number of hydrogen-bond donors (Lipinski definition) is 0. The molecule has 0 aliphatic heterocycles. The lowest BCUT2D eigenvalue weighted by molar-refractivity contribution is 1.23. The van der Waals surface area contributed by atoms with Gasteiger partial charge in [-0.1, -0.05) is 394 Å². The summed E-state index contributed by atoms with van der Waals surface area (Å²) in [6, 6.07) is 153. The minimum atomic E-state index is 0.717. The van der Waals surface area contributed by atoms with E-state index in [1.165, 1.54) is 70.4 Å². The van der Waals surface area contributed by atoms with Crippen molar-refractivity contribution in [2.45, 2.75) is 0 Å². The van der Waals surface area contributed by atoms with E-state index in [2.05, 4.69) is 382 Å². The van der Waals surface area contributed by atoms with Crippen LogP contribution in [0.15, 0.2) is 455 Å². The second-order valence-corrected chi connectivity index (χ2v) is 33.3. The van der Waals surface area contributed by atoms with Gasteiger partial charge in [-0.3, -0.25) is 15.0 Å². The number of fused-ring (bicyclic) bond motifs is 14. The molecule has 129 heavy (non-hydrogen) atoms. The predicted octanol–water partition coefficient (Wildman–Crippen LogP) is 31.2. The second kappa shape index (κ2) is 33.5. The molecule has 0 bridgehead atoms. The molecule has 0 aliphatic rings. The van der Waals surface area contributed by atoms with E-state index in [0.717, 1.165) is 166 Å². The molecule has 9 nitrogen and oxygen atoms in total. The molecule has 0 N–H and O–H groups in total. The van der Waals surface area contributed by atoms with E-state index in [0.29, 0.717) is 5.82 Å². The van der Waals surface area contributed by atoms with Crippen LogP contribution in [0.25, 0.3) is 242 Å². The molecule has 0 atom stereocenters.